The Morgan fingerprint density at radius 1 is 1.17 bits per heavy atom. The third kappa shape index (κ3) is 2.10. The first-order valence-corrected chi connectivity index (χ1v) is 7.66. The van der Waals surface area contributed by atoms with Gasteiger partial charge in [-0.1, -0.05) is 23.5 Å². The lowest BCUT2D eigenvalue weighted by Crippen LogP contribution is -2.33. The summed E-state index contributed by atoms with van der Waals surface area (Å²) >= 11 is 1.22. The van der Waals surface area contributed by atoms with E-state index in [1.807, 2.05) is 18.2 Å². The van der Waals surface area contributed by atoms with E-state index in [0.29, 0.717) is 5.52 Å². The number of nitrogens with zero attached hydrogens (tertiary/aromatic N) is 3. The van der Waals surface area contributed by atoms with Crippen molar-refractivity contribution in [1.29, 1.82) is 0 Å². The molecule has 4 aromatic rings. The lowest BCUT2D eigenvalue weighted by atomic mass is 10.2. The summed E-state index contributed by atoms with van der Waals surface area (Å²) in [5.41, 5.74) is -0.644. The van der Waals surface area contributed by atoms with E-state index in [4.69, 9.17) is 0 Å². The molecule has 0 bridgehead atoms. The summed E-state index contributed by atoms with van der Waals surface area (Å²) < 4.78 is 1.79. The molecular weight excluding hydrogens is 332 g/mol. The standard InChI is InChI=1S/C15H8N4O4S/c20-13-9-6-5-8(19(22)23)7-11(9)16-14(21)18(13)15-17-10-3-1-2-4-12(10)24-15/h1-7H,(H,16,21). The number of hydrogen-bond acceptors (Lipinski definition) is 6. The number of aromatic amines is 1. The second kappa shape index (κ2) is 5.10. The molecule has 0 aliphatic carbocycles. The van der Waals surface area contributed by atoms with Gasteiger partial charge in [-0.3, -0.25) is 14.9 Å². The Labute approximate surface area is 136 Å². The van der Waals surface area contributed by atoms with E-state index in [1.165, 1.54) is 29.5 Å². The molecule has 0 spiro atoms. The summed E-state index contributed by atoms with van der Waals surface area (Å²) in [6, 6.07) is 11.0. The van der Waals surface area contributed by atoms with Crippen molar-refractivity contribution in [2.24, 2.45) is 0 Å². The molecule has 0 unspecified atom stereocenters. The predicted octanol–water partition coefficient (Wildman–Crippen LogP) is 2.20. The highest BCUT2D eigenvalue weighted by Gasteiger charge is 2.15. The Morgan fingerprint density at radius 2 is 1.96 bits per heavy atom. The Balaban J connectivity index is 2.02. The van der Waals surface area contributed by atoms with E-state index in [1.54, 1.807) is 6.07 Å². The van der Waals surface area contributed by atoms with Gasteiger partial charge in [-0.05, 0) is 18.2 Å². The number of para-hydroxylation sites is 1. The van der Waals surface area contributed by atoms with Crippen LogP contribution in [0.3, 0.4) is 0 Å². The molecule has 8 nitrogen and oxygen atoms in total. The van der Waals surface area contributed by atoms with Gasteiger partial charge in [-0.2, -0.15) is 0 Å². The van der Waals surface area contributed by atoms with Crippen LogP contribution in [0.25, 0.3) is 26.3 Å². The average Bonchev–Trinajstić information content (AvgIpc) is 2.97. The molecule has 2 aromatic carbocycles. The van der Waals surface area contributed by atoms with Crippen molar-refractivity contribution in [3.8, 4) is 5.13 Å². The average molecular weight is 340 g/mol. The van der Waals surface area contributed by atoms with Crippen molar-refractivity contribution in [2.45, 2.75) is 0 Å². The number of nitrogens with one attached hydrogen (secondary N) is 1. The van der Waals surface area contributed by atoms with Gasteiger partial charge in [0.2, 0.25) is 5.13 Å². The van der Waals surface area contributed by atoms with Gasteiger partial charge in [0.1, 0.15) is 0 Å². The van der Waals surface area contributed by atoms with Crippen molar-refractivity contribution in [1.82, 2.24) is 14.5 Å². The van der Waals surface area contributed by atoms with Crippen molar-refractivity contribution < 1.29 is 4.92 Å². The van der Waals surface area contributed by atoms with Crippen LogP contribution in [0.1, 0.15) is 0 Å². The highest BCUT2D eigenvalue weighted by atomic mass is 32.1. The molecule has 0 atom stereocenters. The molecule has 0 fully saturated rings. The fraction of sp³-hybridized carbons (Fsp3) is 0. The minimum atomic E-state index is -0.688. The van der Waals surface area contributed by atoms with Crippen LogP contribution >= 0.6 is 11.3 Å². The van der Waals surface area contributed by atoms with Gasteiger partial charge in [0, 0.05) is 12.1 Å². The van der Waals surface area contributed by atoms with Crippen LogP contribution in [-0.2, 0) is 0 Å². The number of rotatable bonds is 2. The van der Waals surface area contributed by atoms with Crippen LogP contribution in [0, 0.1) is 10.1 Å². The van der Waals surface area contributed by atoms with Crippen LogP contribution < -0.4 is 11.2 Å². The molecule has 0 radical (unpaired) electrons. The Bertz CT molecular complexity index is 1200. The SMILES string of the molecule is O=c1[nH]c2cc([N+](=O)[O-])ccc2c(=O)n1-c1nc2ccccc2s1. The maximum absolute atomic E-state index is 12.6. The minimum absolute atomic E-state index is 0.122. The smallest absolute Gasteiger partial charge is 0.306 e. The molecule has 9 heteroatoms. The molecule has 0 aliphatic rings. The van der Waals surface area contributed by atoms with Gasteiger partial charge in [0.05, 0.1) is 26.0 Å². The van der Waals surface area contributed by atoms with E-state index in [-0.39, 0.29) is 21.7 Å². The van der Waals surface area contributed by atoms with Crippen LogP contribution in [0.2, 0.25) is 0 Å². The lowest BCUT2D eigenvalue weighted by molar-refractivity contribution is -0.384. The lowest BCUT2D eigenvalue weighted by Gasteiger charge is -2.02. The number of nitro benzene ring substituents is 1. The number of non-ortho nitro benzene ring substituents is 1. The summed E-state index contributed by atoms with van der Waals surface area (Å²) in [6.45, 7) is 0. The zero-order valence-electron chi connectivity index (χ0n) is 11.9. The van der Waals surface area contributed by atoms with Crippen molar-refractivity contribution in [3.63, 3.8) is 0 Å². The molecule has 0 saturated heterocycles. The van der Waals surface area contributed by atoms with E-state index < -0.39 is 16.2 Å². The number of hydrogen-bond donors (Lipinski definition) is 1. The van der Waals surface area contributed by atoms with Gasteiger partial charge in [-0.25, -0.2) is 14.3 Å². The number of H-pyrrole nitrogens is 1. The van der Waals surface area contributed by atoms with Crippen LogP contribution in [0.5, 0.6) is 0 Å². The maximum Gasteiger partial charge on any atom is 0.335 e. The first-order valence-electron chi connectivity index (χ1n) is 6.84. The first kappa shape index (κ1) is 14.3. The Morgan fingerprint density at radius 3 is 2.71 bits per heavy atom. The molecule has 2 aromatic heterocycles. The maximum atomic E-state index is 12.6. The van der Waals surface area contributed by atoms with Gasteiger partial charge in [0.25, 0.3) is 11.2 Å². The zero-order valence-corrected chi connectivity index (χ0v) is 12.7. The van der Waals surface area contributed by atoms with Crippen LogP contribution in [-0.4, -0.2) is 19.5 Å². The quantitative estimate of drug-likeness (QED) is 0.444. The summed E-state index contributed by atoms with van der Waals surface area (Å²) in [5.74, 6) is 0. The first-order chi connectivity index (χ1) is 11.5. The predicted molar refractivity (Wildman–Crippen MR) is 90.0 cm³/mol. The summed E-state index contributed by atoms with van der Waals surface area (Å²) in [7, 11) is 0. The van der Waals surface area contributed by atoms with Crippen LogP contribution in [0.15, 0.2) is 52.1 Å². The molecule has 1 N–H and O–H groups in total. The van der Waals surface area contributed by atoms with Crippen molar-refractivity contribution in [2.75, 3.05) is 0 Å². The fourth-order valence-electron chi connectivity index (χ4n) is 2.45. The number of nitro groups is 1. The van der Waals surface area contributed by atoms with Crippen molar-refractivity contribution in [3.05, 3.63) is 73.4 Å². The monoisotopic (exact) mass is 340 g/mol. The minimum Gasteiger partial charge on any atom is -0.306 e. The van der Waals surface area contributed by atoms with Crippen molar-refractivity contribution >= 4 is 38.1 Å². The number of thiazole rings is 1. The Kier molecular flexibility index (Phi) is 3.03. The molecule has 0 aliphatic heterocycles. The van der Waals surface area contributed by atoms with E-state index in [0.717, 1.165) is 9.27 Å². The number of fused-ring (bicyclic) bond motifs is 2. The third-order valence-electron chi connectivity index (χ3n) is 3.57. The summed E-state index contributed by atoms with van der Waals surface area (Å²) in [6.07, 6.45) is 0. The molecule has 0 amide bonds. The molecule has 24 heavy (non-hydrogen) atoms. The van der Waals surface area contributed by atoms with Gasteiger partial charge in [0.15, 0.2) is 0 Å². The number of aromatic nitrogens is 3. The largest absolute Gasteiger partial charge is 0.335 e. The zero-order chi connectivity index (χ0) is 16.8. The molecular formula is C15H8N4O4S. The number of benzene rings is 2. The Hall–Kier alpha value is -3.33. The topological polar surface area (TPSA) is 111 Å². The molecule has 4 rings (SSSR count). The van der Waals surface area contributed by atoms with E-state index in [2.05, 4.69) is 9.97 Å². The second-order valence-corrected chi connectivity index (χ2v) is 6.03. The fourth-order valence-corrected chi connectivity index (χ4v) is 3.41. The molecule has 118 valence electrons. The van der Waals surface area contributed by atoms with Crippen LogP contribution in [0.4, 0.5) is 5.69 Å². The van der Waals surface area contributed by atoms with Gasteiger partial charge < -0.3 is 4.98 Å². The third-order valence-corrected chi connectivity index (χ3v) is 4.59. The van der Waals surface area contributed by atoms with Gasteiger partial charge >= 0.3 is 5.69 Å². The second-order valence-electron chi connectivity index (χ2n) is 5.02. The van der Waals surface area contributed by atoms with E-state index >= 15 is 0 Å². The summed E-state index contributed by atoms with van der Waals surface area (Å²) in [5, 5.41) is 11.3. The van der Waals surface area contributed by atoms with E-state index in [9.17, 15) is 19.7 Å². The highest BCUT2D eigenvalue weighted by molar-refractivity contribution is 7.20. The normalized spacial score (nSPS) is 11.2. The molecule has 0 saturated carbocycles. The van der Waals surface area contributed by atoms with Gasteiger partial charge in [-0.15, -0.1) is 0 Å². The summed E-state index contributed by atoms with van der Waals surface area (Å²) in [4.78, 5) is 42.0. The highest BCUT2D eigenvalue weighted by Crippen LogP contribution is 2.23. The molecule has 2 heterocycles.